The average Bonchev–Trinajstić information content (AvgIpc) is 3.78. The normalized spacial score (nSPS) is 15.2. The molecule has 3 aliphatic rings. The van der Waals surface area contributed by atoms with E-state index in [1.807, 2.05) is 0 Å². The molecule has 0 saturated carbocycles. The van der Waals surface area contributed by atoms with E-state index >= 15 is 0 Å². The van der Waals surface area contributed by atoms with Crippen molar-refractivity contribution in [2.45, 2.75) is 51.4 Å². The standard InChI is InChI=1S/C52H41NO/c1-51(2)44-14-8-5-11-38(44)40-26-24-36(30-46(40)51)53(37-25-27-41-39-12-6-9-15-45(39)52(3,4)47(41)31-37)35-22-19-32(20-23-35)34-18-17-33-21-28-49-50(43(33)29-34)42-13-7-10-16-48(42)54-49/h5-20,22-27,29-31H,21,28H2,1-4H3. The lowest BCUT2D eigenvalue weighted by molar-refractivity contribution is 0.546. The summed E-state index contributed by atoms with van der Waals surface area (Å²) >= 11 is 0. The Bertz CT molecular complexity index is 2720. The third kappa shape index (κ3) is 4.40. The number of nitrogens with zero attached hydrogens (tertiary/aromatic N) is 1. The van der Waals surface area contributed by atoms with E-state index in [9.17, 15) is 0 Å². The topological polar surface area (TPSA) is 16.4 Å². The highest BCUT2D eigenvalue weighted by Crippen LogP contribution is 2.53. The van der Waals surface area contributed by atoms with Crippen LogP contribution in [0.2, 0.25) is 0 Å². The SMILES string of the molecule is CC1(C)c2ccccc2-c2ccc(N(c3ccc(-c4ccc5c(c4)-c4c(oc6ccccc46)CC5)cc3)c3ccc4c(c3)C(C)(C)c3ccccc3-4)cc21. The minimum absolute atomic E-state index is 0.0916. The molecular formula is C52H41NO. The minimum Gasteiger partial charge on any atom is -0.460 e. The van der Waals surface area contributed by atoms with Crippen LogP contribution in [0.25, 0.3) is 55.5 Å². The van der Waals surface area contributed by atoms with Crippen molar-refractivity contribution in [3.05, 3.63) is 185 Å². The van der Waals surface area contributed by atoms with Crippen molar-refractivity contribution in [2.24, 2.45) is 0 Å². The second-order valence-corrected chi connectivity index (χ2v) is 16.5. The van der Waals surface area contributed by atoms with Crippen LogP contribution in [-0.4, -0.2) is 0 Å². The zero-order chi connectivity index (χ0) is 36.3. The first-order chi connectivity index (χ1) is 26.3. The lowest BCUT2D eigenvalue weighted by Crippen LogP contribution is -2.18. The number of hydrogen-bond donors (Lipinski definition) is 0. The number of rotatable bonds is 4. The molecule has 0 fully saturated rings. The summed E-state index contributed by atoms with van der Waals surface area (Å²) in [5.74, 6) is 1.10. The molecule has 0 atom stereocenters. The molecule has 3 aliphatic carbocycles. The van der Waals surface area contributed by atoms with Crippen molar-refractivity contribution in [1.29, 1.82) is 0 Å². The van der Waals surface area contributed by atoms with Crippen LogP contribution in [0.15, 0.2) is 156 Å². The van der Waals surface area contributed by atoms with Crippen LogP contribution < -0.4 is 4.90 Å². The van der Waals surface area contributed by atoms with Crippen molar-refractivity contribution in [1.82, 2.24) is 0 Å². The largest absolute Gasteiger partial charge is 0.460 e. The summed E-state index contributed by atoms with van der Waals surface area (Å²) in [6, 6.07) is 56.6. The van der Waals surface area contributed by atoms with Gasteiger partial charge in [0.2, 0.25) is 0 Å². The third-order valence-electron chi connectivity index (χ3n) is 12.8. The van der Waals surface area contributed by atoms with Crippen molar-refractivity contribution < 1.29 is 4.42 Å². The van der Waals surface area contributed by atoms with Gasteiger partial charge in [0, 0.05) is 45.3 Å². The van der Waals surface area contributed by atoms with Gasteiger partial charge in [-0.25, -0.2) is 0 Å². The van der Waals surface area contributed by atoms with Crippen LogP contribution in [0.3, 0.4) is 0 Å². The van der Waals surface area contributed by atoms with Crippen molar-refractivity contribution >= 4 is 28.0 Å². The van der Waals surface area contributed by atoms with Gasteiger partial charge in [-0.1, -0.05) is 131 Å². The summed E-state index contributed by atoms with van der Waals surface area (Å²) < 4.78 is 6.33. The van der Waals surface area contributed by atoms with Gasteiger partial charge in [0.1, 0.15) is 11.3 Å². The molecule has 0 unspecified atom stereocenters. The Balaban J connectivity index is 1.04. The molecule has 0 radical (unpaired) electrons. The fraction of sp³-hybridized carbons (Fsp3) is 0.154. The maximum Gasteiger partial charge on any atom is 0.134 e. The van der Waals surface area contributed by atoms with E-state index in [0.717, 1.165) is 29.9 Å². The summed E-state index contributed by atoms with van der Waals surface area (Å²) in [6.45, 7) is 9.46. The first-order valence-corrected chi connectivity index (χ1v) is 19.3. The van der Waals surface area contributed by atoms with Gasteiger partial charge < -0.3 is 9.32 Å². The number of furan rings is 1. The molecule has 0 saturated heterocycles. The van der Waals surface area contributed by atoms with Crippen molar-refractivity contribution in [2.75, 3.05) is 4.90 Å². The quantitative estimate of drug-likeness (QED) is 0.182. The first kappa shape index (κ1) is 31.4. The highest BCUT2D eigenvalue weighted by Gasteiger charge is 2.37. The third-order valence-corrected chi connectivity index (χ3v) is 12.8. The summed E-state index contributed by atoms with van der Waals surface area (Å²) in [7, 11) is 0. The van der Waals surface area contributed by atoms with Crippen LogP contribution in [0.4, 0.5) is 17.1 Å². The Kier molecular flexibility index (Phi) is 6.51. The number of hydrogen-bond acceptors (Lipinski definition) is 2. The molecule has 7 aromatic carbocycles. The Morgan fingerprint density at radius 2 is 0.981 bits per heavy atom. The van der Waals surface area contributed by atoms with E-state index in [1.165, 1.54) is 89.1 Å². The zero-order valence-corrected chi connectivity index (χ0v) is 31.2. The van der Waals surface area contributed by atoms with E-state index < -0.39 is 0 Å². The number of fused-ring (bicyclic) bond motifs is 11. The molecule has 54 heavy (non-hydrogen) atoms. The molecule has 0 amide bonds. The van der Waals surface area contributed by atoms with E-state index in [2.05, 4.69) is 184 Å². The molecule has 1 aromatic heterocycles. The number of aryl methyl sites for hydroxylation is 2. The predicted octanol–water partition coefficient (Wildman–Crippen LogP) is 13.9. The molecule has 260 valence electrons. The van der Waals surface area contributed by atoms with Gasteiger partial charge >= 0.3 is 0 Å². The maximum absolute atomic E-state index is 6.33. The molecule has 2 heteroatoms. The summed E-state index contributed by atoms with van der Waals surface area (Å²) in [4.78, 5) is 2.46. The van der Waals surface area contributed by atoms with Gasteiger partial charge in [0.15, 0.2) is 0 Å². The van der Waals surface area contributed by atoms with Crippen LogP contribution in [0, 0.1) is 0 Å². The van der Waals surface area contributed by atoms with Crippen molar-refractivity contribution in [3.63, 3.8) is 0 Å². The summed E-state index contributed by atoms with van der Waals surface area (Å²) in [5.41, 5.74) is 21.5. The smallest absolute Gasteiger partial charge is 0.134 e. The number of anilines is 3. The summed E-state index contributed by atoms with van der Waals surface area (Å²) in [6.07, 6.45) is 1.94. The highest BCUT2D eigenvalue weighted by atomic mass is 16.3. The second-order valence-electron chi connectivity index (χ2n) is 16.5. The van der Waals surface area contributed by atoms with Crippen LogP contribution in [0.5, 0.6) is 0 Å². The number of para-hydroxylation sites is 1. The molecule has 1 heterocycles. The fourth-order valence-electron chi connectivity index (χ4n) is 9.94. The Morgan fingerprint density at radius 1 is 0.444 bits per heavy atom. The maximum atomic E-state index is 6.33. The monoisotopic (exact) mass is 695 g/mol. The lowest BCUT2D eigenvalue weighted by Gasteiger charge is -2.30. The second kappa shape index (κ2) is 11.2. The van der Waals surface area contributed by atoms with E-state index in [0.29, 0.717) is 0 Å². The molecular weight excluding hydrogens is 655 g/mol. The minimum atomic E-state index is -0.0916. The van der Waals surface area contributed by atoms with Crippen LogP contribution in [-0.2, 0) is 23.7 Å². The zero-order valence-electron chi connectivity index (χ0n) is 31.2. The molecule has 2 nitrogen and oxygen atoms in total. The predicted molar refractivity (Wildman–Crippen MR) is 224 cm³/mol. The van der Waals surface area contributed by atoms with Crippen LogP contribution >= 0.6 is 0 Å². The van der Waals surface area contributed by atoms with Gasteiger partial charge in [0.25, 0.3) is 0 Å². The average molecular weight is 696 g/mol. The van der Waals surface area contributed by atoms with Crippen LogP contribution in [0.1, 0.15) is 61.3 Å². The number of benzene rings is 7. The van der Waals surface area contributed by atoms with Gasteiger partial charge in [-0.3, -0.25) is 0 Å². The molecule has 8 aromatic rings. The lowest BCUT2D eigenvalue weighted by atomic mass is 9.82. The highest BCUT2D eigenvalue weighted by molar-refractivity contribution is 5.98. The fourth-order valence-corrected chi connectivity index (χ4v) is 9.94. The Hall–Kier alpha value is -6.12. The molecule has 0 bridgehead atoms. The van der Waals surface area contributed by atoms with E-state index in [4.69, 9.17) is 4.42 Å². The molecule has 0 aliphatic heterocycles. The molecule has 0 spiro atoms. The van der Waals surface area contributed by atoms with E-state index in [1.54, 1.807) is 0 Å². The summed E-state index contributed by atoms with van der Waals surface area (Å²) in [5, 5.41) is 1.21. The Labute approximate surface area is 317 Å². The van der Waals surface area contributed by atoms with Gasteiger partial charge in [-0.2, -0.15) is 0 Å². The van der Waals surface area contributed by atoms with Gasteiger partial charge in [-0.05, 0) is 122 Å². The van der Waals surface area contributed by atoms with Crippen molar-refractivity contribution in [3.8, 4) is 44.5 Å². The van der Waals surface area contributed by atoms with Gasteiger partial charge in [0.05, 0.1) is 0 Å². The van der Waals surface area contributed by atoms with Gasteiger partial charge in [-0.15, -0.1) is 0 Å². The first-order valence-electron chi connectivity index (χ1n) is 19.3. The van der Waals surface area contributed by atoms with E-state index in [-0.39, 0.29) is 10.8 Å². The molecule has 11 rings (SSSR count). The Morgan fingerprint density at radius 3 is 1.63 bits per heavy atom. The molecule has 0 N–H and O–H groups in total.